The Labute approximate surface area is 280 Å². The van der Waals surface area contributed by atoms with Crippen molar-refractivity contribution in [2.45, 2.75) is 157 Å². The van der Waals surface area contributed by atoms with Gasteiger partial charge in [-0.1, -0.05) is 80.1 Å². The summed E-state index contributed by atoms with van der Waals surface area (Å²) >= 11 is 0.569. The first-order valence-corrected chi connectivity index (χ1v) is 19.9. The van der Waals surface area contributed by atoms with Crippen molar-refractivity contribution in [3.63, 3.8) is 0 Å². The summed E-state index contributed by atoms with van der Waals surface area (Å²) in [6.45, 7) is 13.8. The van der Waals surface area contributed by atoms with Gasteiger partial charge in [0.05, 0.1) is 11.4 Å². The summed E-state index contributed by atoms with van der Waals surface area (Å²) in [7, 11) is 9.40. The van der Waals surface area contributed by atoms with Crippen molar-refractivity contribution in [2.75, 3.05) is 0 Å². The molecule has 0 spiro atoms. The predicted octanol–water partition coefficient (Wildman–Crippen LogP) is 13.2. The first-order chi connectivity index (χ1) is 21.0. The average molecular weight is 675 g/mol. The predicted molar refractivity (Wildman–Crippen MR) is 193 cm³/mol. The van der Waals surface area contributed by atoms with Crippen LogP contribution in [0.4, 0.5) is 11.4 Å². The molecule has 0 unspecified atom stereocenters. The Morgan fingerprint density at radius 3 is 0.930 bits per heavy atom. The van der Waals surface area contributed by atoms with Crippen LogP contribution in [0.2, 0.25) is 0 Å². The minimum absolute atomic E-state index is 0.569. The Balaban J connectivity index is 0.00000295. The van der Waals surface area contributed by atoms with Gasteiger partial charge in [-0.25, -0.2) is 0 Å². The number of nitrogens with zero attached hydrogens (tertiary/aromatic N) is 2. The summed E-state index contributed by atoms with van der Waals surface area (Å²) < 4.78 is 0. The van der Waals surface area contributed by atoms with E-state index in [1.54, 1.807) is 11.1 Å². The van der Waals surface area contributed by atoms with E-state index in [1.165, 1.54) is 112 Å². The molecule has 0 aromatic heterocycles. The van der Waals surface area contributed by atoms with Crippen molar-refractivity contribution in [3.05, 3.63) is 57.6 Å². The van der Waals surface area contributed by atoms with Gasteiger partial charge in [0.2, 0.25) is 0 Å². The second kappa shape index (κ2) is 26.1. The second-order valence-corrected chi connectivity index (χ2v) is 13.3. The number of rotatable bonds is 21. The van der Waals surface area contributed by atoms with E-state index < -0.39 is 0 Å². The molecule has 43 heavy (non-hydrogen) atoms. The minimum atomic E-state index is 0.569. The van der Waals surface area contributed by atoms with E-state index in [9.17, 15) is 0 Å². The fourth-order valence-electron chi connectivity index (χ4n) is 5.66. The Morgan fingerprint density at radius 1 is 0.465 bits per heavy atom. The summed E-state index contributed by atoms with van der Waals surface area (Å²) in [6.07, 6.45) is 25.8. The van der Waals surface area contributed by atoms with E-state index in [2.05, 4.69) is 65.8 Å². The summed E-state index contributed by atoms with van der Waals surface area (Å²) in [4.78, 5) is 9.82. The summed E-state index contributed by atoms with van der Waals surface area (Å²) in [5, 5.41) is 0. The molecular weight excluding hydrogens is 614 g/mol. The first-order valence-electron chi connectivity index (χ1n) is 17.2. The van der Waals surface area contributed by atoms with Gasteiger partial charge < -0.3 is 0 Å². The van der Waals surface area contributed by atoms with E-state index >= 15 is 0 Å². The van der Waals surface area contributed by atoms with Crippen molar-refractivity contribution >= 4 is 44.2 Å². The summed E-state index contributed by atoms with van der Waals surface area (Å²) in [5.74, 6) is 0. The van der Waals surface area contributed by atoms with Crippen molar-refractivity contribution in [1.82, 2.24) is 0 Å². The normalized spacial score (nSPS) is 11.5. The van der Waals surface area contributed by atoms with Crippen LogP contribution in [-0.4, -0.2) is 12.4 Å². The molecule has 0 radical (unpaired) electrons. The van der Waals surface area contributed by atoms with Gasteiger partial charge >= 0.3 is 33.0 Å². The molecular formula is C38H60Cl2N2Ni. The molecule has 246 valence electrons. The van der Waals surface area contributed by atoms with Crippen LogP contribution in [0.5, 0.6) is 0 Å². The van der Waals surface area contributed by atoms with Gasteiger partial charge in [0, 0.05) is 12.4 Å². The molecule has 0 aliphatic rings. The van der Waals surface area contributed by atoms with E-state index in [0.29, 0.717) is 12.7 Å². The Kier molecular flexibility index (Phi) is 24.2. The van der Waals surface area contributed by atoms with Crippen LogP contribution in [0, 0.1) is 0 Å². The zero-order valence-corrected chi connectivity index (χ0v) is 30.7. The zero-order chi connectivity index (χ0) is 31.7. The van der Waals surface area contributed by atoms with Crippen LogP contribution in [0.15, 0.2) is 34.3 Å². The topological polar surface area (TPSA) is 24.7 Å². The number of hydrogen-bond acceptors (Lipinski definition) is 2. The molecule has 0 atom stereocenters. The number of benzene rings is 2. The van der Waals surface area contributed by atoms with Gasteiger partial charge in [-0.3, -0.25) is 9.98 Å². The van der Waals surface area contributed by atoms with Gasteiger partial charge in [-0.15, -0.1) is 0 Å². The fraction of sp³-hybridized carbons (Fsp3) is 0.632. The van der Waals surface area contributed by atoms with Crippen LogP contribution in [0.25, 0.3) is 0 Å². The second-order valence-electron chi connectivity index (χ2n) is 11.7. The molecule has 2 aromatic carbocycles. The molecule has 0 aliphatic heterocycles. The molecule has 0 aliphatic carbocycles. The van der Waals surface area contributed by atoms with Crippen molar-refractivity contribution in [3.8, 4) is 0 Å². The maximum atomic E-state index is 4.91. The Morgan fingerprint density at radius 2 is 0.698 bits per heavy atom. The molecule has 0 heterocycles. The number of halogens is 2. The summed E-state index contributed by atoms with van der Waals surface area (Å²) in [6, 6.07) is 9.42. The molecule has 2 rings (SSSR count). The van der Waals surface area contributed by atoms with Crippen molar-refractivity contribution < 1.29 is 12.7 Å². The van der Waals surface area contributed by atoms with Crippen LogP contribution < -0.4 is 0 Å². The number of aryl methyl sites for hydroxylation is 4. The fourth-order valence-corrected chi connectivity index (χ4v) is 5.66. The number of unbranched alkanes of at least 4 members (excludes halogenated alkanes) is 6. The Hall–Kier alpha value is -1.15. The van der Waals surface area contributed by atoms with Crippen molar-refractivity contribution in [1.29, 1.82) is 0 Å². The van der Waals surface area contributed by atoms with Crippen LogP contribution in [0.1, 0.15) is 152 Å². The molecule has 0 fully saturated rings. The molecule has 0 N–H and O–H groups in total. The van der Waals surface area contributed by atoms with Crippen molar-refractivity contribution in [2.24, 2.45) is 9.98 Å². The summed E-state index contributed by atoms with van der Waals surface area (Å²) in [5.41, 5.74) is 11.5. The third-order valence-corrected chi connectivity index (χ3v) is 8.11. The quantitative estimate of drug-likeness (QED) is 0.0930. The third kappa shape index (κ3) is 16.1. The number of aliphatic imine (C=N–C) groups is 2. The van der Waals surface area contributed by atoms with Gasteiger partial charge in [-0.05, 0) is 135 Å². The monoisotopic (exact) mass is 672 g/mol. The van der Waals surface area contributed by atoms with Gasteiger partial charge in [0.15, 0.2) is 0 Å². The molecule has 0 bridgehead atoms. The van der Waals surface area contributed by atoms with Gasteiger partial charge in [0.1, 0.15) is 0 Å². The van der Waals surface area contributed by atoms with E-state index in [0.717, 1.165) is 37.1 Å². The zero-order valence-electron chi connectivity index (χ0n) is 28.2. The standard InChI is InChI=1S/C38H60N2.2ClH.Ni/c1-7-13-19-31-27-35(28-32(20-14-8-2)37(31)23-17-11-5)39-25-26-40-36-29-33(21-15-9-3)38(24-18-12-6)34(30-36)22-16-10-4;;;/h25-30H,7-24H2,1-6H3;2*1H;/q;;;+2/p-2. The van der Waals surface area contributed by atoms with E-state index in [1.807, 2.05) is 12.4 Å². The van der Waals surface area contributed by atoms with Crippen LogP contribution in [0.3, 0.4) is 0 Å². The van der Waals surface area contributed by atoms with Crippen LogP contribution >= 0.6 is 20.4 Å². The molecule has 0 amide bonds. The Bertz CT molecular complexity index is 922. The van der Waals surface area contributed by atoms with Gasteiger partial charge in [-0.2, -0.15) is 0 Å². The average Bonchev–Trinajstić information content (AvgIpc) is 3.01. The third-order valence-electron chi connectivity index (χ3n) is 8.11. The molecule has 0 saturated heterocycles. The first kappa shape index (κ1) is 39.9. The maximum absolute atomic E-state index is 4.91. The SMILES string of the molecule is CCCCc1cc(N=CC=Nc2cc(CCCC)c(CCCC)c(CCCC)c2)cc(CCCC)c1CCCC.[Cl][Ni][Cl]. The number of hydrogen-bond donors (Lipinski definition) is 0. The van der Waals surface area contributed by atoms with Crippen LogP contribution in [-0.2, 0) is 51.2 Å². The molecule has 5 heteroatoms. The molecule has 0 saturated carbocycles. The van der Waals surface area contributed by atoms with Gasteiger partial charge in [0.25, 0.3) is 0 Å². The van der Waals surface area contributed by atoms with E-state index in [-0.39, 0.29) is 0 Å². The molecule has 2 nitrogen and oxygen atoms in total. The van der Waals surface area contributed by atoms with E-state index in [4.69, 9.17) is 30.4 Å². The molecule has 2 aromatic rings.